The van der Waals surface area contributed by atoms with E-state index in [2.05, 4.69) is 0 Å². The summed E-state index contributed by atoms with van der Waals surface area (Å²) in [5, 5.41) is 0. The van der Waals surface area contributed by atoms with E-state index in [-0.39, 0.29) is 0 Å². The van der Waals surface area contributed by atoms with Gasteiger partial charge in [0.1, 0.15) is 11.9 Å². The average molecular weight is 286 g/mol. The van der Waals surface area contributed by atoms with Gasteiger partial charge in [-0.3, -0.25) is 0 Å². The Morgan fingerprint density at radius 2 is 1.06 bits per heavy atom. The van der Waals surface area contributed by atoms with Gasteiger partial charge in [0.15, 0.2) is 0 Å². The van der Waals surface area contributed by atoms with Crippen LogP contribution in [0.25, 0.3) is 0 Å². The van der Waals surface area contributed by atoms with Crippen LogP contribution in [-0.4, -0.2) is 51.5 Å². The van der Waals surface area contributed by atoms with Crippen LogP contribution in [0.1, 0.15) is 13.8 Å². The van der Waals surface area contributed by atoms with Crippen molar-refractivity contribution in [2.45, 2.75) is 13.8 Å². The van der Waals surface area contributed by atoms with Crippen LogP contribution in [0, 0.1) is 0 Å². The number of hydrogen-bond acceptors (Lipinski definition) is 7. The van der Waals surface area contributed by atoms with Crippen molar-refractivity contribution in [1.82, 2.24) is 0 Å². The van der Waals surface area contributed by atoms with Gasteiger partial charge in [-0.25, -0.2) is 3.63 Å². The molecule has 17 heavy (non-hydrogen) atoms. The topological polar surface area (TPSA) is 46.2 Å². The molecule has 5 nitrogen and oxygen atoms in total. The molecule has 0 spiro atoms. The lowest BCUT2D eigenvalue weighted by atomic mass is 10.7. The molecule has 7 heteroatoms. The number of rotatable bonds is 14. The minimum Gasteiger partial charge on any atom is -0.379 e. The summed E-state index contributed by atoms with van der Waals surface area (Å²) in [7, 11) is 0. The Morgan fingerprint density at radius 3 is 1.47 bits per heavy atom. The van der Waals surface area contributed by atoms with Crippen LogP contribution in [0.4, 0.5) is 0 Å². The highest BCUT2D eigenvalue weighted by atomic mass is 32.2. The van der Waals surface area contributed by atoms with Crippen molar-refractivity contribution in [3.05, 3.63) is 0 Å². The second kappa shape index (κ2) is 16.5. The maximum atomic E-state index is 5.23. The first-order valence-corrected chi connectivity index (χ1v) is 7.46. The fourth-order valence-electron chi connectivity index (χ4n) is 0.784. The van der Waals surface area contributed by atoms with E-state index >= 15 is 0 Å². The minimum atomic E-state index is 0.499. The Balaban J connectivity index is 2.85. The van der Waals surface area contributed by atoms with Crippen LogP contribution >= 0.6 is 24.1 Å². The molecule has 0 unspecified atom stereocenters. The molecular weight excluding hydrogens is 264 g/mol. The monoisotopic (exact) mass is 286 g/mol. The van der Waals surface area contributed by atoms with Crippen LogP contribution in [0.5, 0.6) is 0 Å². The van der Waals surface area contributed by atoms with Crippen LogP contribution in [0.2, 0.25) is 0 Å². The number of hydrogen-bond donors (Lipinski definition) is 0. The molecule has 0 aromatic rings. The van der Waals surface area contributed by atoms with Gasteiger partial charge in [0.05, 0.1) is 26.4 Å². The average Bonchev–Trinajstić information content (AvgIpc) is 2.35. The Hall–Kier alpha value is 0.500. The fourth-order valence-corrected chi connectivity index (χ4v) is 1.74. The summed E-state index contributed by atoms with van der Waals surface area (Å²) in [6.07, 6.45) is 0. The minimum absolute atomic E-state index is 0.499. The molecule has 0 aliphatic rings. The van der Waals surface area contributed by atoms with E-state index in [9.17, 15) is 0 Å². The predicted octanol–water partition coefficient (Wildman–Crippen LogP) is 2.32. The molecule has 0 fully saturated rings. The van der Waals surface area contributed by atoms with Gasteiger partial charge >= 0.3 is 0 Å². The highest BCUT2D eigenvalue weighted by Gasteiger charge is 1.93. The lowest BCUT2D eigenvalue weighted by Gasteiger charge is -2.04. The summed E-state index contributed by atoms with van der Waals surface area (Å²) in [5.41, 5.74) is 0. The summed E-state index contributed by atoms with van der Waals surface area (Å²) in [6.45, 7) is 7.82. The molecule has 0 N–H and O–H groups in total. The Morgan fingerprint density at radius 1 is 0.647 bits per heavy atom. The molecule has 0 saturated carbocycles. The van der Waals surface area contributed by atoms with Gasteiger partial charge in [-0.15, -0.1) is 0 Å². The lowest BCUT2D eigenvalue weighted by Crippen LogP contribution is -2.04. The molecule has 0 saturated heterocycles. The molecule has 0 heterocycles. The third kappa shape index (κ3) is 16.5. The highest BCUT2D eigenvalue weighted by molar-refractivity contribution is 8.07. The van der Waals surface area contributed by atoms with E-state index in [1.54, 1.807) is 0 Å². The van der Waals surface area contributed by atoms with Crippen molar-refractivity contribution in [3.8, 4) is 0 Å². The Bertz CT molecular complexity index is 126. The van der Waals surface area contributed by atoms with Crippen molar-refractivity contribution in [1.29, 1.82) is 0 Å². The van der Waals surface area contributed by atoms with Crippen LogP contribution in [-0.2, 0) is 22.6 Å². The van der Waals surface area contributed by atoms with Gasteiger partial charge in [0, 0.05) is 37.3 Å². The SMILES string of the molecule is CCOCCOCSOSCOCCOCC. The highest BCUT2D eigenvalue weighted by Crippen LogP contribution is 2.14. The standard InChI is InChI=1S/C10H22O5S2/c1-3-11-5-7-13-9-16-15-17-10-14-8-6-12-4-2/h3-10H2,1-2H3. The Kier molecular flexibility index (Phi) is 17.0. The summed E-state index contributed by atoms with van der Waals surface area (Å²) in [5.74, 6) is 0.998. The van der Waals surface area contributed by atoms with E-state index in [1.165, 1.54) is 24.1 Å². The molecule has 0 aliphatic heterocycles. The quantitative estimate of drug-likeness (QED) is 0.276. The van der Waals surface area contributed by atoms with Crippen LogP contribution in [0.15, 0.2) is 0 Å². The molecule has 0 radical (unpaired) electrons. The molecular formula is C10H22O5S2. The molecule has 0 rings (SSSR count). The van der Waals surface area contributed by atoms with Crippen LogP contribution < -0.4 is 0 Å². The van der Waals surface area contributed by atoms with E-state index in [4.69, 9.17) is 22.6 Å². The molecule has 0 aliphatic carbocycles. The zero-order valence-electron chi connectivity index (χ0n) is 10.5. The first kappa shape index (κ1) is 17.5. The van der Waals surface area contributed by atoms with Gasteiger partial charge in [-0.1, -0.05) is 0 Å². The van der Waals surface area contributed by atoms with Gasteiger partial charge in [0.2, 0.25) is 0 Å². The zero-order valence-corrected chi connectivity index (χ0v) is 12.1. The Labute approximate surface area is 112 Å². The lowest BCUT2D eigenvalue weighted by molar-refractivity contribution is 0.0704. The van der Waals surface area contributed by atoms with E-state index in [0.29, 0.717) is 38.3 Å². The van der Waals surface area contributed by atoms with Gasteiger partial charge in [-0.05, 0) is 13.8 Å². The fraction of sp³-hybridized carbons (Fsp3) is 1.00. The molecule has 104 valence electrons. The van der Waals surface area contributed by atoms with Gasteiger partial charge < -0.3 is 18.9 Å². The van der Waals surface area contributed by atoms with Crippen molar-refractivity contribution in [2.75, 3.05) is 51.5 Å². The van der Waals surface area contributed by atoms with Gasteiger partial charge in [-0.2, -0.15) is 0 Å². The summed E-state index contributed by atoms with van der Waals surface area (Å²) in [6, 6.07) is 0. The molecule has 0 amide bonds. The maximum absolute atomic E-state index is 5.23. The van der Waals surface area contributed by atoms with E-state index in [0.717, 1.165) is 13.2 Å². The smallest absolute Gasteiger partial charge is 0.119 e. The van der Waals surface area contributed by atoms with E-state index in [1.807, 2.05) is 13.8 Å². The zero-order chi connectivity index (χ0) is 12.6. The molecule has 0 atom stereocenters. The van der Waals surface area contributed by atoms with Crippen molar-refractivity contribution >= 4 is 24.1 Å². The second-order valence-electron chi connectivity index (χ2n) is 2.75. The van der Waals surface area contributed by atoms with Crippen molar-refractivity contribution in [2.24, 2.45) is 0 Å². The second-order valence-corrected chi connectivity index (χ2v) is 4.24. The summed E-state index contributed by atoms with van der Waals surface area (Å²) < 4.78 is 25.8. The summed E-state index contributed by atoms with van der Waals surface area (Å²) in [4.78, 5) is 0. The van der Waals surface area contributed by atoms with Gasteiger partial charge in [0.25, 0.3) is 0 Å². The van der Waals surface area contributed by atoms with Crippen molar-refractivity contribution < 1.29 is 22.6 Å². The molecule has 0 aromatic heterocycles. The molecule has 0 aromatic carbocycles. The third-order valence-corrected chi connectivity index (χ3v) is 2.81. The van der Waals surface area contributed by atoms with Crippen molar-refractivity contribution in [3.63, 3.8) is 0 Å². The third-order valence-electron chi connectivity index (χ3n) is 1.51. The summed E-state index contributed by atoms with van der Waals surface area (Å²) >= 11 is 2.51. The predicted molar refractivity (Wildman–Crippen MR) is 70.9 cm³/mol. The molecule has 0 bridgehead atoms. The van der Waals surface area contributed by atoms with Crippen LogP contribution in [0.3, 0.4) is 0 Å². The maximum Gasteiger partial charge on any atom is 0.119 e. The largest absolute Gasteiger partial charge is 0.379 e. The normalized spacial score (nSPS) is 10.9. The number of ether oxygens (including phenoxy) is 4. The van der Waals surface area contributed by atoms with E-state index < -0.39 is 0 Å². The first-order valence-electron chi connectivity index (χ1n) is 5.63. The first-order chi connectivity index (χ1) is 8.41.